The number of para-hydroxylation sites is 1. The van der Waals surface area contributed by atoms with E-state index in [-0.39, 0.29) is 16.8 Å². The van der Waals surface area contributed by atoms with Crippen LogP contribution >= 0.6 is 34.4 Å². The van der Waals surface area contributed by atoms with Crippen LogP contribution in [-0.4, -0.2) is 16.1 Å². The van der Waals surface area contributed by atoms with Crippen LogP contribution in [0.3, 0.4) is 0 Å². The fraction of sp³-hybridized carbons (Fsp3) is 0.176. The number of hydrogen-bond donors (Lipinski definition) is 1. The maximum Gasteiger partial charge on any atom is 0.270 e. The van der Waals surface area contributed by atoms with Gasteiger partial charge in [0, 0.05) is 32.3 Å². The quantitative estimate of drug-likeness (QED) is 0.284. The van der Waals surface area contributed by atoms with Gasteiger partial charge in [-0.3, -0.25) is 14.9 Å². The highest BCUT2D eigenvalue weighted by Gasteiger charge is 2.16. The van der Waals surface area contributed by atoms with Crippen molar-refractivity contribution in [2.24, 2.45) is 0 Å². The highest BCUT2D eigenvalue weighted by Crippen LogP contribution is 2.32. The molecule has 2 aromatic carbocycles. The second-order valence-corrected chi connectivity index (χ2v) is 7.80. The Kier molecular flexibility index (Phi) is 6.78. The number of nitriles is 1. The van der Waals surface area contributed by atoms with Crippen LogP contribution in [-0.2, 0) is 0 Å². The molecule has 0 bridgehead atoms. The highest BCUT2D eigenvalue weighted by atomic mass is 127. The lowest BCUT2D eigenvalue weighted by Crippen LogP contribution is -2.14. The van der Waals surface area contributed by atoms with E-state index in [0.717, 1.165) is 4.90 Å². The fourth-order valence-electron chi connectivity index (χ4n) is 2.05. The van der Waals surface area contributed by atoms with E-state index in [4.69, 9.17) is 5.26 Å². The number of amides is 1. The smallest absolute Gasteiger partial charge is 0.270 e. The molecule has 8 heteroatoms. The van der Waals surface area contributed by atoms with Gasteiger partial charge in [-0.25, -0.2) is 0 Å². The van der Waals surface area contributed by atoms with Crippen LogP contribution < -0.4 is 5.32 Å². The standard InChI is InChI=1S/C17H14IN3O3S/c1-11(8-9-19)25-16-5-3-2-4-15(16)20-17(22)13-7-6-12(21(23)24)10-14(13)18/h2-7,10-11H,8H2,1H3,(H,20,22). The van der Waals surface area contributed by atoms with Gasteiger partial charge in [0.05, 0.1) is 22.2 Å². The first-order valence-electron chi connectivity index (χ1n) is 7.30. The molecule has 1 N–H and O–H groups in total. The average Bonchev–Trinajstić information content (AvgIpc) is 2.56. The maximum absolute atomic E-state index is 12.5. The van der Waals surface area contributed by atoms with E-state index in [1.807, 2.05) is 47.7 Å². The van der Waals surface area contributed by atoms with E-state index in [2.05, 4.69) is 11.4 Å². The minimum atomic E-state index is -0.494. The van der Waals surface area contributed by atoms with Crippen molar-refractivity contribution in [1.82, 2.24) is 0 Å². The third-order valence-corrected chi connectivity index (χ3v) is 5.32. The zero-order chi connectivity index (χ0) is 18.4. The van der Waals surface area contributed by atoms with Gasteiger partial charge in [-0.05, 0) is 40.8 Å². The minimum absolute atomic E-state index is 0.0535. The second-order valence-electron chi connectivity index (χ2n) is 5.16. The van der Waals surface area contributed by atoms with E-state index < -0.39 is 4.92 Å². The number of hydrogen-bond acceptors (Lipinski definition) is 5. The summed E-state index contributed by atoms with van der Waals surface area (Å²) in [6, 6.07) is 13.6. The van der Waals surface area contributed by atoms with Crippen LogP contribution in [0.15, 0.2) is 47.4 Å². The first-order valence-corrected chi connectivity index (χ1v) is 9.26. The van der Waals surface area contributed by atoms with Crippen LogP contribution in [0.5, 0.6) is 0 Å². The number of anilines is 1. The summed E-state index contributed by atoms with van der Waals surface area (Å²) in [5.74, 6) is -0.333. The lowest BCUT2D eigenvalue weighted by Gasteiger charge is -2.13. The average molecular weight is 467 g/mol. The summed E-state index contributed by atoms with van der Waals surface area (Å²) in [6.45, 7) is 1.95. The number of thioether (sulfide) groups is 1. The van der Waals surface area contributed by atoms with Crippen molar-refractivity contribution in [3.8, 4) is 6.07 Å². The molecule has 0 radical (unpaired) electrons. The molecule has 0 saturated heterocycles. The normalized spacial score (nSPS) is 11.4. The van der Waals surface area contributed by atoms with Gasteiger partial charge in [0.1, 0.15) is 0 Å². The molecule has 0 spiro atoms. The van der Waals surface area contributed by atoms with Crippen molar-refractivity contribution >= 4 is 51.6 Å². The number of nitrogens with zero attached hydrogens (tertiary/aromatic N) is 2. The Hall–Kier alpha value is -2.12. The number of nitro benzene ring substituents is 1. The number of rotatable bonds is 6. The SMILES string of the molecule is CC(CC#N)Sc1ccccc1NC(=O)c1ccc([N+](=O)[O-])cc1I. The summed E-state index contributed by atoms with van der Waals surface area (Å²) in [5.41, 5.74) is 0.967. The van der Waals surface area contributed by atoms with E-state index in [9.17, 15) is 14.9 Å². The topological polar surface area (TPSA) is 96.0 Å². The van der Waals surface area contributed by atoms with Crippen LogP contribution in [0.25, 0.3) is 0 Å². The number of nitro groups is 1. The Morgan fingerprint density at radius 3 is 2.76 bits per heavy atom. The van der Waals surface area contributed by atoms with Crippen LogP contribution in [0.1, 0.15) is 23.7 Å². The number of carbonyl (C=O) groups excluding carboxylic acids is 1. The molecule has 0 aliphatic carbocycles. The van der Waals surface area contributed by atoms with E-state index in [0.29, 0.717) is 21.2 Å². The molecular weight excluding hydrogens is 453 g/mol. The molecule has 0 aliphatic heterocycles. The number of carbonyl (C=O) groups is 1. The molecule has 6 nitrogen and oxygen atoms in total. The van der Waals surface area contributed by atoms with Gasteiger partial charge >= 0.3 is 0 Å². The van der Waals surface area contributed by atoms with Crippen molar-refractivity contribution in [2.45, 2.75) is 23.5 Å². The molecule has 2 rings (SSSR count). The molecule has 0 fully saturated rings. The van der Waals surface area contributed by atoms with Crippen LogP contribution in [0.2, 0.25) is 0 Å². The largest absolute Gasteiger partial charge is 0.321 e. The minimum Gasteiger partial charge on any atom is -0.321 e. The van der Waals surface area contributed by atoms with Gasteiger partial charge in [-0.2, -0.15) is 5.26 Å². The lowest BCUT2D eigenvalue weighted by molar-refractivity contribution is -0.384. The van der Waals surface area contributed by atoms with Crippen LogP contribution in [0.4, 0.5) is 11.4 Å². The number of non-ortho nitro benzene ring substituents is 1. The molecule has 2 aromatic rings. The summed E-state index contributed by atoms with van der Waals surface area (Å²) in [7, 11) is 0. The van der Waals surface area contributed by atoms with Crippen molar-refractivity contribution < 1.29 is 9.72 Å². The first kappa shape index (κ1) is 19.2. The van der Waals surface area contributed by atoms with Crippen molar-refractivity contribution in [2.75, 3.05) is 5.32 Å². The zero-order valence-electron chi connectivity index (χ0n) is 13.2. The third-order valence-electron chi connectivity index (χ3n) is 3.25. The van der Waals surface area contributed by atoms with Gasteiger partial charge in [-0.15, -0.1) is 11.8 Å². The predicted octanol–water partition coefficient (Wildman–Crippen LogP) is 4.85. The van der Waals surface area contributed by atoms with Gasteiger partial charge in [0.25, 0.3) is 11.6 Å². The Morgan fingerprint density at radius 2 is 2.12 bits per heavy atom. The molecule has 1 atom stereocenters. The number of nitrogens with one attached hydrogen (secondary N) is 1. The Bertz CT molecular complexity index is 851. The van der Waals surface area contributed by atoms with E-state index in [1.165, 1.54) is 30.0 Å². The maximum atomic E-state index is 12.5. The molecule has 25 heavy (non-hydrogen) atoms. The van der Waals surface area contributed by atoms with Gasteiger partial charge < -0.3 is 5.32 Å². The van der Waals surface area contributed by atoms with Crippen molar-refractivity contribution in [1.29, 1.82) is 5.26 Å². The predicted molar refractivity (Wildman–Crippen MR) is 106 cm³/mol. The van der Waals surface area contributed by atoms with Crippen LogP contribution in [0, 0.1) is 25.0 Å². The Morgan fingerprint density at radius 1 is 1.40 bits per heavy atom. The molecule has 0 heterocycles. The molecule has 1 amide bonds. The van der Waals surface area contributed by atoms with Gasteiger partial charge in [0.2, 0.25) is 0 Å². The molecule has 0 aromatic heterocycles. The molecular formula is C17H14IN3O3S. The zero-order valence-corrected chi connectivity index (χ0v) is 16.2. The van der Waals surface area contributed by atoms with Gasteiger partial charge in [0.15, 0.2) is 0 Å². The third kappa shape index (κ3) is 5.17. The molecule has 1 unspecified atom stereocenters. The highest BCUT2D eigenvalue weighted by molar-refractivity contribution is 14.1. The molecule has 128 valence electrons. The summed E-state index contributed by atoms with van der Waals surface area (Å²) in [5, 5.41) is 22.5. The fourth-order valence-corrected chi connectivity index (χ4v) is 3.79. The summed E-state index contributed by atoms with van der Waals surface area (Å²) >= 11 is 3.42. The van der Waals surface area contributed by atoms with E-state index >= 15 is 0 Å². The first-order chi connectivity index (χ1) is 11.9. The Labute approximate surface area is 162 Å². The summed E-state index contributed by atoms with van der Waals surface area (Å²) in [4.78, 5) is 23.7. The number of benzene rings is 2. The Balaban J connectivity index is 2.21. The summed E-state index contributed by atoms with van der Waals surface area (Å²) in [6.07, 6.45) is 0.410. The van der Waals surface area contributed by atoms with Crippen molar-refractivity contribution in [3.05, 3.63) is 61.7 Å². The number of halogens is 1. The monoisotopic (exact) mass is 467 g/mol. The second kappa shape index (κ2) is 8.82. The van der Waals surface area contributed by atoms with E-state index in [1.54, 1.807) is 6.07 Å². The molecule has 0 saturated carbocycles. The molecule has 0 aliphatic rings. The van der Waals surface area contributed by atoms with Gasteiger partial charge in [-0.1, -0.05) is 19.1 Å². The summed E-state index contributed by atoms with van der Waals surface area (Å²) < 4.78 is 0.507. The van der Waals surface area contributed by atoms with Crippen molar-refractivity contribution in [3.63, 3.8) is 0 Å². The lowest BCUT2D eigenvalue weighted by atomic mass is 10.2.